The SMILES string of the molecule is CC(C)CC(NC(=O)c1ccccc1OCc1ccccc1)C(=O)C1NN(CC(C)C)C(=O)O1. The van der Waals surface area contributed by atoms with Crippen LogP contribution in [0.5, 0.6) is 5.75 Å². The molecule has 3 rings (SSSR count). The maximum atomic E-state index is 13.2. The van der Waals surface area contributed by atoms with Crippen molar-refractivity contribution in [2.45, 2.75) is 53.0 Å². The average Bonchev–Trinajstić information content (AvgIpc) is 3.16. The number of Topliss-reactive ketones (excluding diaryl/α,β-unsaturated/α-hetero) is 1. The average molecular weight is 468 g/mol. The van der Waals surface area contributed by atoms with Gasteiger partial charge in [0.05, 0.1) is 11.6 Å². The molecule has 0 saturated carbocycles. The lowest BCUT2D eigenvalue weighted by molar-refractivity contribution is -0.129. The van der Waals surface area contributed by atoms with Gasteiger partial charge in [-0.15, -0.1) is 0 Å². The molecule has 8 heteroatoms. The molecule has 1 saturated heterocycles. The Labute approximate surface area is 200 Å². The van der Waals surface area contributed by atoms with Gasteiger partial charge in [0.1, 0.15) is 12.4 Å². The molecule has 2 atom stereocenters. The normalized spacial score (nSPS) is 16.5. The molecule has 8 nitrogen and oxygen atoms in total. The molecule has 0 radical (unpaired) electrons. The zero-order valence-corrected chi connectivity index (χ0v) is 20.1. The number of ketones is 1. The highest BCUT2D eigenvalue weighted by molar-refractivity contribution is 6.01. The summed E-state index contributed by atoms with van der Waals surface area (Å²) in [5.74, 6) is -0.0707. The van der Waals surface area contributed by atoms with E-state index < -0.39 is 30.1 Å². The zero-order chi connectivity index (χ0) is 24.7. The Morgan fingerprint density at radius 3 is 2.38 bits per heavy atom. The fourth-order valence-electron chi connectivity index (χ4n) is 3.65. The van der Waals surface area contributed by atoms with Crippen LogP contribution >= 0.6 is 0 Å². The molecule has 0 aromatic heterocycles. The summed E-state index contributed by atoms with van der Waals surface area (Å²) in [7, 11) is 0. The van der Waals surface area contributed by atoms with Crippen LogP contribution in [0.2, 0.25) is 0 Å². The van der Waals surface area contributed by atoms with Crippen LogP contribution in [0.15, 0.2) is 54.6 Å². The monoisotopic (exact) mass is 467 g/mol. The Hall–Kier alpha value is -3.39. The van der Waals surface area contributed by atoms with Gasteiger partial charge in [-0.05, 0) is 36.0 Å². The number of nitrogens with one attached hydrogen (secondary N) is 2. The van der Waals surface area contributed by atoms with Crippen molar-refractivity contribution < 1.29 is 23.9 Å². The highest BCUT2D eigenvalue weighted by Crippen LogP contribution is 2.21. The van der Waals surface area contributed by atoms with Crippen molar-refractivity contribution in [3.63, 3.8) is 0 Å². The third kappa shape index (κ3) is 6.81. The van der Waals surface area contributed by atoms with Crippen LogP contribution in [0.4, 0.5) is 4.79 Å². The predicted molar refractivity (Wildman–Crippen MR) is 128 cm³/mol. The van der Waals surface area contributed by atoms with Gasteiger partial charge in [0, 0.05) is 6.54 Å². The maximum Gasteiger partial charge on any atom is 0.426 e. The number of nitrogens with zero attached hydrogens (tertiary/aromatic N) is 1. The van der Waals surface area contributed by atoms with Crippen LogP contribution < -0.4 is 15.5 Å². The summed E-state index contributed by atoms with van der Waals surface area (Å²) in [6.07, 6.45) is -1.33. The van der Waals surface area contributed by atoms with Gasteiger partial charge in [-0.3, -0.25) is 9.59 Å². The van der Waals surface area contributed by atoms with E-state index in [2.05, 4.69) is 10.7 Å². The van der Waals surface area contributed by atoms with Crippen molar-refractivity contribution >= 4 is 17.8 Å². The second-order valence-corrected chi connectivity index (χ2v) is 9.23. The minimum Gasteiger partial charge on any atom is -0.488 e. The Kier molecular flexibility index (Phi) is 8.65. The quantitative estimate of drug-likeness (QED) is 0.520. The van der Waals surface area contributed by atoms with Crippen LogP contribution in [0.25, 0.3) is 0 Å². The fraction of sp³-hybridized carbons (Fsp3) is 0.423. The largest absolute Gasteiger partial charge is 0.488 e. The molecule has 34 heavy (non-hydrogen) atoms. The molecule has 2 N–H and O–H groups in total. The highest BCUT2D eigenvalue weighted by Gasteiger charge is 2.39. The maximum absolute atomic E-state index is 13.2. The van der Waals surface area contributed by atoms with Gasteiger partial charge in [-0.1, -0.05) is 70.2 Å². The number of rotatable bonds is 11. The summed E-state index contributed by atoms with van der Waals surface area (Å²) in [5, 5.41) is 4.13. The molecule has 1 aliphatic rings. The second kappa shape index (κ2) is 11.7. The van der Waals surface area contributed by atoms with Crippen molar-refractivity contribution in [3.8, 4) is 5.75 Å². The lowest BCUT2D eigenvalue weighted by atomic mass is 9.99. The summed E-state index contributed by atoms with van der Waals surface area (Å²) < 4.78 is 11.1. The van der Waals surface area contributed by atoms with Gasteiger partial charge in [-0.2, -0.15) is 5.43 Å². The highest BCUT2D eigenvalue weighted by atomic mass is 16.6. The third-order valence-corrected chi connectivity index (χ3v) is 5.24. The van der Waals surface area contributed by atoms with E-state index in [1.54, 1.807) is 24.3 Å². The Balaban J connectivity index is 1.71. The Morgan fingerprint density at radius 1 is 1.03 bits per heavy atom. The van der Waals surface area contributed by atoms with Crippen molar-refractivity contribution in [3.05, 3.63) is 65.7 Å². The zero-order valence-electron chi connectivity index (χ0n) is 20.1. The molecule has 182 valence electrons. The second-order valence-electron chi connectivity index (χ2n) is 9.23. The number of amides is 2. The summed E-state index contributed by atoms with van der Waals surface area (Å²) in [6.45, 7) is 8.57. The molecular formula is C26H33N3O5. The number of hydrogen-bond donors (Lipinski definition) is 2. The van der Waals surface area contributed by atoms with Gasteiger partial charge in [0.25, 0.3) is 5.91 Å². The van der Waals surface area contributed by atoms with Gasteiger partial charge in [0.2, 0.25) is 12.0 Å². The van der Waals surface area contributed by atoms with E-state index in [-0.39, 0.29) is 11.8 Å². The molecule has 1 fully saturated rings. The Morgan fingerprint density at radius 2 is 1.71 bits per heavy atom. The topological polar surface area (TPSA) is 97.0 Å². The number of para-hydroxylation sites is 1. The smallest absolute Gasteiger partial charge is 0.426 e. The molecular weight excluding hydrogens is 434 g/mol. The van der Waals surface area contributed by atoms with E-state index in [1.165, 1.54) is 5.01 Å². The molecule has 1 aliphatic heterocycles. The Bertz CT molecular complexity index is 993. The molecule has 2 unspecified atom stereocenters. The van der Waals surface area contributed by atoms with Crippen LogP contribution in [-0.2, 0) is 16.1 Å². The lowest BCUT2D eigenvalue weighted by Crippen LogP contribution is -2.51. The number of carbonyl (C=O) groups excluding carboxylic acids is 3. The molecule has 2 aromatic rings. The first-order valence-electron chi connectivity index (χ1n) is 11.6. The number of benzene rings is 2. The summed E-state index contributed by atoms with van der Waals surface area (Å²) in [5.41, 5.74) is 4.13. The standard InChI is InChI=1S/C26H33N3O5/c1-17(2)14-21(23(30)25-28-29(15-18(3)4)26(32)34-25)27-24(31)20-12-8-9-13-22(20)33-16-19-10-6-5-7-11-19/h5-13,17-18,21,25,28H,14-16H2,1-4H3,(H,27,31). The molecule has 0 aliphatic carbocycles. The molecule has 0 spiro atoms. The fourth-order valence-corrected chi connectivity index (χ4v) is 3.65. The van der Waals surface area contributed by atoms with Gasteiger partial charge in [0.15, 0.2) is 0 Å². The number of cyclic esters (lactones) is 1. The van der Waals surface area contributed by atoms with Crippen molar-refractivity contribution in [1.82, 2.24) is 15.8 Å². The van der Waals surface area contributed by atoms with Gasteiger partial charge >= 0.3 is 6.09 Å². The molecule has 2 amide bonds. The molecule has 0 bridgehead atoms. The first-order valence-corrected chi connectivity index (χ1v) is 11.6. The minimum atomic E-state index is -1.14. The summed E-state index contributed by atoms with van der Waals surface area (Å²) >= 11 is 0. The summed E-state index contributed by atoms with van der Waals surface area (Å²) in [4.78, 5) is 38.5. The molecule has 1 heterocycles. The predicted octanol–water partition coefficient (Wildman–Crippen LogP) is 3.92. The lowest BCUT2D eigenvalue weighted by Gasteiger charge is -2.23. The first-order chi connectivity index (χ1) is 16.2. The number of hydrazine groups is 1. The molecule has 2 aromatic carbocycles. The van der Waals surface area contributed by atoms with Gasteiger partial charge in [-0.25, -0.2) is 9.80 Å². The van der Waals surface area contributed by atoms with E-state index in [0.717, 1.165) is 5.56 Å². The van der Waals surface area contributed by atoms with Crippen molar-refractivity contribution in [2.75, 3.05) is 6.54 Å². The number of ether oxygens (including phenoxy) is 2. The minimum absolute atomic E-state index is 0.127. The van der Waals surface area contributed by atoms with E-state index in [4.69, 9.17) is 9.47 Å². The first kappa shape index (κ1) is 25.2. The van der Waals surface area contributed by atoms with Crippen LogP contribution in [0, 0.1) is 11.8 Å². The van der Waals surface area contributed by atoms with Crippen LogP contribution in [0.3, 0.4) is 0 Å². The van der Waals surface area contributed by atoms with E-state index in [0.29, 0.717) is 30.9 Å². The number of hydrogen-bond acceptors (Lipinski definition) is 6. The number of carbonyl (C=O) groups is 3. The van der Waals surface area contributed by atoms with Crippen LogP contribution in [0.1, 0.15) is 50.0 Å². The van der Waals surface area contributed by atoms with Crippen molar-refractivity contribution in [2.24, 2.45) is 11.8 Å². The third-order valence-electron chi connectivity index (χ3n) is 5.24. The van der Waals surface area contributed by atoms with E-state index in [1.807, 2.05) is 58.0 Å². The van der Waals surface area contributed by atoms with E-state index in [9.17, 15) is 14.4 Å². The van der Waals surface area contributed by atoms with E-state index >= 15 is 0 Å². The van der Waals surface area contributed by atoms with Crippen LogP contribution in [-0.4, -0.2) is 41.6 Å². The van der Waals surface area contributed by atoms with Gasteiger partial charge < -0.3 is 14.8 Å². The summed E-state index contributed by atoms with van der Waals surface area (Å²) in [6, 6.07) is 15.7. The van der Waals surface area contributed by atoms with Crippen molar-refractivity contribution in [1.29, 1.82) is 0 Å².